The molecule has 1 saturated heterocycles. The van der Waals surface area contributed by atoms with Crippen molar-refractivity contribution in [2.45, 2.75) is 53.6 Å². The summed E-state index contributed by atoms with van der Waals surface area (Å²) in [7, 11) is 0. The molecule has 0 aromatic heterocycles. The van der Waals surface area contributed by atoms with Gasteiger partial charge in [0.05, 0.1) is 0 Å². The van der Waals surface area contributed by atoms with E-state index < -0.39 is 20.1 Å². The maximum atomic E-state index is 2.65. The average molecular weight is 606 g/mol. The molecule has 29 heavy (non-hydrogen) atoms. The molecule has 2 aromatic rings. The van der Waals surface area contributed by atoms with Crippen LogP contribution in [0.5, 0.6) is 0 Å². The summed E-state index contributed by atoms with van der Waals surface area (Å²) < 4.78 is 1.64. The number of aryl methyl sites for hydroxylation is 4. The first kappa shape index (κ1) is 23.3. The van der Waals surface area contributed by atoms with Crippen molar-refractivity contribution in [3.05, 3.63) is 80.9 Å². The zero-order valence-corrected chi connectivity index (χ0v) is 23.8. The Bertz CT molecular complexity index is 983. The van der Waals surface area contributed by atoms with Crippen LogP contribution in [0.15, 0.2) is 36.4 Å². The van der Waals surface area contributed by atoms with E-state index in [4.69, 9.17) is 0 Å². The summed E-state index contributed by atoms with van der Waals surface area (Å²) in [6.45, 7) is 9.30. The molecular formula is C25H28Cl2HfSi. The van der Waals surface area contributed by atoms with Gasteiger partial charge in [-0.3, -0.25) is 0 Å². The summed E-state index contributed by atoms with van der Waals surface area (Å²) >= 11 is -1.94. The molecule has 0 nitrogen and oxygen atoms in total. The predicted molar refractivity (Wildman–Crippen MR) is 115 cm³/mol. The molecule has 2 aliphatic carbocycles. The summed E-state index contributed by atoms with van der Waals surface area (Å²) in [4.78, 5) is 0. The molecule has 2 atom stereocenters. The molecule has 2 aromatic carbocycles. The molecule has 3 aliphatic rings. The second kappa shape index (κ2) is 8.98. The number of hydrogen-bond acceptors (Lipinski definition) is 0. The molecule has 1 aliphatic heterocycles. The van der Waals surface area contributed by atoms with E-state index in [0.717, 1.165) is 7.35 Å². The predicted octanol–water partition coefficient (Wildman–Crippen LogP) is 0.778. The van der Waals surface area contributed by atoms with Gasteiger partial charge in [0.15, 0.2) is 0 Å². The summed E-state index contributed by atoms with van der Waals surface area (Å²) in [6.07, 6.45) is 11.8. The van der Waals surface area contributed by atoms with E-state index in [1.165, 1.54) is 28.7 Å². The van der Waals surface area contributed by atoms with Gasteiger partial charge in [0.25, 0.3) is 0 Å². The minimum Gasteiger partial charge on any atom is -1.00 e. The molecule has 0 N–H and O–H groups in total. The summed E-state index contributed by atoms with van der Waals surface area (Å²) in [6, 6.07) is 12.6. The van der Waals surface area contributed by atoms with Gasteiger partial charge in [-0.15, -0.1) is 0 Å². The Balaban J connectivity index is 0.00000120. The summed E-state index contributed by atoms with van der Waals surface area (Å²) in [5.41, 5.74) is 12.5. The van der Waals surface area contributed by atoms with E-state index >= 15 is 0 Å². The van der Waals surface area contributed by atoms with E-state index in [2.05, 4.69) is 76.3 Å². The number of allylic oxidation sites excluding steroid dienone is 2. The van der Waals surface area contributed by atoms with Crippen molar-refractivity contribution < 1.29 is 44.9 Å². The van der Waals surface area contributed by atoms with E-state index in [-0.39, 0.29) is 30.3 Å². The molecule has 0 radical (unpaired) electrons. The van der Waals surface area contributed by atoms with Crippen molar-refractivity contribution in [2.24, 2.45) is 0 Å². The summed E-state index contributed by atoms with van der Waals surface area (Å²) in [5.74, 6) is 0. The summed E-state index contributed by atoms with van der Waals surface area (Å²) in [5, 5.41) is 0. The van der Waals surface area contributed by atoms with Crippen LogP contribution in [0.1, 0.15) is 58.3 Å². The van der Waals surface area contributed by atoms with Crippen molar-refractivity contribution in [2.75, 3.05) is 0 Å². The Kier molecular flexibility index (Phi) is 7.20. The maximum Gasteiger partial charge on any atom is -1.00 e. The van der Waals surface area contributed by atoms with Crippen molar-refractivity contribution in [3.63, 3.8) is 0 Å². The molecule has 4 heteroatoms. The second-order valence-electron chi connectivity index (χ2n) is 8.64. The SMILES string of the molecule is Cc1ccc(C)c2c1C=C[CH]2[Hf+2]([CH]1C=Cc2c(C)ccc(C)c21)=[Si]1CCC1.[Cl-].[Cl-]. The number of rotatable bonds is 2. The van der Waals surface area contributed by atoms with Crippen molar-refractivity contribution >= 4 is 17.6 Å². The first-order valence-corrected chi connectivity index (χ1v) is 21.8. The smallest absolute Gasteiger partial charge is 1.00 e. The fraction of sp³-hybridized carbons (Fsp3) is 0.360. The van der Waals surface area contributed by atoms with Gasteiger partial charge in [-0.25, -0.2) is 0 Å². The van der Waals surface area contributed by atoms with E-state index in [1.807, 2.05) is 0 Å². The molecule has 5 rings (SSSR count). The van der Waals surface area contributed by atoms with Crippen LogP contribution in [0.4, 0.5) is 0 Å². The van der Waals surface area contributed by atoms with Gasteiger partial charge < -0.3 is 24.8 Å². The number of hydrogen-bond donors (Lipinski definition) is 0. The van der Waals surface area contributed by atoms with E-state index in [1.54, 1.807) is 34.3 Å². The average Bonchev–Trinajstić information content (AvgIpc) is 3.23. The Hall–Kier alpha value is -0.413. The molecule has 0 saturated carbocycles. The van der Waals surface area contributed by atoms with Gasteiger partial charge in [-0.2, -0.15) is 0 Å². The number of halogens is 2. The Morgan fingerprint density at radius 1 is 0.690 bits per heavy atom. The number of benzene rings is 2. The van der Waals surface area contributed by atoms with Crippen LogP contribution in [-0.2, 0) is 20.1 Å². The quantitative estimate of drug-likeness (QED) is 0.444. The van der Waals surface area contributed by atoms with Crippen LogP contribution in [0.2, 0.25) is 12.1 Å². The monoisotopic (exact) mass is 606 g/mol. The molecule has 0 amide bonds. The minimum absolute atomic E-state index is 0. The van der Waals surface area contributed by atoms with Crippen molar-refractivity contribution in [3.8, 4) is 0 Å². The molecule has 1 heterocycles. The van der Waals surface area contributed by atoms with Gasteiger partial charge >= 0.3 is 172 Å². The molecule has 1 fully saturated rings. The van der Waals surface area contributed by atoms with Crippen LogP contribution in [0.25, 0.3) is 12.2 Å². The third kappa shape index (κ3) is 3.73. The first-order valence-electron chi connectivity index (χ1n) is 10.3. The van der Waals surface area contributed by atoms with E-state index in [0.29, 0.717) is 0 Å². The van der Waals surface area contributed by atoms with Gasteiger partial charge in [-0.05, 0) is 0 Å². The fourth-order valence-corrected chi connectivity index (χ4v) is 39.5. The third-order valence-corrected chi connectivity index (χ3v) is 37.3. The van der Waals surface area contributed by atoms with Gasteiger partial charge in [0.2, 0.25) is 0 Å². The molecular weight excluding hydrogens is 578 g/mol. The molecule has 0 bridgehead atoms. The fourth-order valence-electron chi connectivity index (χ4n) is 5.35. The van der Waals surface area contributed by atoms with Crippen LogP contribution >= 0.6 is 0 Å². The largest absolute Gasteiger partial charge is 1.00 e. The third-order valence-electron chi connectivity index (χ3n) is 7.01. The van der Waals surface area contributed by atoms with Crippen molar-refractivity contribution in [1.29, 1.82) is 0 Å². The zero-order chi connectivity index (χ0) is 18.7. The van der Waals surface area contributed by atoms with Crippen LogP contribution in [0, 0.1) is 27.7 Å². The minimum atomic E-state index is -1.94. The van der Waals surface area contributed by atoms with Crippen LogP contribution in [0.3, 0.4) is 0 Å². The topological polar surface area (TPSA) is 0 Å². The van der Waals surface area contributed by atoms with Gasteiger partial charge in [0, 0.05) is 0 Å². The Morgan fingerprint density at radius 2 is 1.10 bits per heavy atom. The second-order valence-corrected chi connectivity index (χ2v) is 30.9. The molecule has 2 unspecified atom stereocenters. The molecule has 150 valence electrons. The zero-order valence-electron chi connectivity index (χ0n) is 17.7. The van der Waals surface area contributed by atoms with Crippen LogP contribution < -0.4 is 24.8 Å². The van der Waals surface area contributed by atoms with Gasteiger partial charge in [-0.1, -0.05) is 0 Å². The van der Waals surface area contributed by atoms with Crippen LogP contribution in [-0.4, -0.2) is 5.49 Å². The normalized spacial score (nSPS) is 20.2. The maximum absolute atomic E-state index is 2.65. The number of fused-ring (bicyclic) bond motifs is 2. The first-order chi connectivity index (χ1) is 13.1. The van der Waals surface area contributed by atoms with Gasteiger partial charge in [0.1, 0.15) is 0 Å². The molecule has 0 spiro atoms. The van der Waals surface area contributed by atoms with E-state index in [9.17, 15) is 0 Å². The Labute approximate surface area is 195 Å². The van der Waals surface area contributed by atoms with Crippen molar-refractivity contribution in [1.82, 2.24) is 0 Å². The Morgan fingerprint density at radius 3 is 1.48 bits per heavy atom. The standard InChI is InChI=1S/2C11H11.C3H6Si.2ClH.Hf/c2*1-8-6-7-9(2)11-5-3-4-10(8)11;1-2-4-3-1;;;/h2*3-7H,1-2H3;1-3H2;2*1H;/q;;;;;+2/p-2.